The molecule has 0 aliphatic heterocycles. The summed E-state index contributed by atoms with van der Waals surface area (Å²) in [5, 5.41) is 3.71. The smallest absolute Gasteiger partial charge is 0.123 e. The van der Waals surface area contributed by atoms with Gasteiger partial charge in [0.1, 0.15) is 5.82 Å². The van der Waals surface area contributed by atoms with E-state index >= 15 is 0 Å². The van der Waals surface area contributed by atoms with Gasteiger partial charge in [-0.15, -0.1) is 0 Å². The van der Waals surface area contributed by atoms with Crippen LogP contribution in [0.1, 0.15) is 58.4 Å². The minimum atomic E-state index is -0.119. The molecule has 2 rings (SSSR count). The zero-order chi connectivity index (χ0) is 15.3. The first kappa shape index (κ1) is 16.5. The van der Waals surface area contributed by atoms with Crippen LogP contribution in [0.4, 0.5) is 4.39 Å². The van der Waals surface area contributed by atoms with E-state index in [1.807, 2.05) is 6.07 Å². The highest BCUT2D eigenvalue weighted by Crippen LogP contribution is 2.39. The third-order valence-electron chi connectivity index (χ3n) is 4.95. The molecule has 2 heteroatoms. The normalized spacial score (nSPS) is 20.4. The Kier molecular flexibility index (Phi) is 5.80. The number of hydrogen-bond acceptors (Lipinski definition) is 1. The third-order valence-corrected chi connectivity index (χ3v) is 4.95. The van der Waals surface area contributed by atoms with Crippen LogP contribution in [-0.2, 0) is 6.42 Å². The van der Waals surface area contributed by atoms with Gasteiger partial charge in [0.05, 0.1) is 0 Å². The quantitative estimate of drug-likeness (QED) is 0.781. The molecule has 0 amide bonds. The van der Waals surface area contributed by atoms with Crippen molar-refractivity contribution in [2.45, 2.75) is 65.3 Å². The minimum Gasteiger partial charge on any atom is -0.313 e. The molecule has 21 heavy (non-hydrogen) atoms. The van der Waals surface area contributed by atoms with E-state index in [1.54, 1.807) is 6.07 Å². The third kappa shape index (κ3) is 5.10. The first-order chi connectivity index (χ1) is 10.00. The van der Waals surface area contributed by atoms with Crippen LogP contribution >= 0.6 is 0 Å². The van der Waals surface area contributed by atoms with E-state index in [-0.39, 0.29) is 5.82 Å². The summed E-state index contributed by atoms with van der Waals surface area (Å²) in [5.74, 6) is 0.611. The number of halogens is 1. The van der Waals surface area contributed by atoms with Crippen LogP contribution in [0.2, 0.25) is 0 Å². The van der Waals surface area contributed by atoms with Crippen LogP contribution in [0.25, 0.3) is 0 Å². The molecule has 1 unspecified atom stereocenters. The van der Waals surface area contributed by atoms with Crippen molar-refractivity contribution in [2.24, 2.45) is 11.3 Å². The monoisotopic (exact) mass is 291 g/mol. The van der Waals surface area contributed by atoms with Crippen LogP contribution in [0, 0.1) is 17.2 Å². The van der Waals surface area contributed by atoms with Gasteiger partial charge in [0.25, 0.3) is 0 Å². The average molecular weight is 291 g/mol. The molecule has 1 fully saturated rings. The van der Waals surface area contributed by atoms with E-state index in [1.165, 1.54) is 31.7 Å². The standard InChI is InChI=1S/C19H30FN/c1-4-12-21-18(14-15-6-5-7-17(20)13-15)16-8-10-19(2,3)11-9-16/h5-7,13,16,18,21H,4,8-12,14H2,1-3H3. The molecule has 1 aliphatic carbocycles. The van der Waals surface area contributed by atoms with Gasteiger partial charge in [0.2, 0.25) is 0 Å². The number of hydrogen-bond donors (Lipinski definition) is 1. The van der Waals surface area contributed by atoms with Crippen molar-refractivity contribution < 1.29 is 4.39 Å². The average Bonchev–Trinajstić information content (AvgIpc) is 2.44. The highest BCUT2D eigenvalue weighted by atomic mass is 19.1. The van der Waals surface area contributed by atoms with Crippen LogP contribution in [0.3, 0.4) is 0 Å². The summed E-state index contributed by atoms with van der Waals surface area (Å²) >= 11 is 0. The fraction of sp³-hybridized carbons (Fsp3) is 0.684. The Balaban J connectivity index is 2.00. The van der Waals surface area contributed by atoms with E-state index < -0.39 is 0 Å². The first-order valence-electron chi connectivity index (χ1n) is 8.48. The van der Waals surface area contributed by atoms with Gasteiger partial charge in [-0.05, 0) is 74.1 Å². The molecule has 0 saturated heterocycles. The van der Waals surface area contributed by atoms with Crippen LogP contribution < -0.4 is 5.32 Å². The molecule has 118 valence electrons. The number of rotatable bonds is 6. The lowest BCUT2D eigenvalue weighted by molar-refractivity contribution is 0.160. The summed E-state index contributed by atoms with van der Waals surface area (Å²) in [7, 11) is 0. The first-order valence-corrected chi connectivity index (χ1v) is 8.48. The maximum atomic E-state index is 13.4. The molecule has 0 heterocycles. The van der Waals surface area contributed by atoms with Gasteiger partial charge in [-0.25, -0.2) is 4.39 Å². The van der Waals surface area contributed by atoms with Gasteiger partial charge in [-0.3, -0.25) is 0 Å². The molecular formula is C19H30FN. The molecule has 1 N–H and O–H groups in total. The molecule has 0 bridgehead atoms. The van der Waals surface area contributed by atoms with Crippen molar-refractivity contribution in [3.8, 4) is 0 Å². The molecule has 1 aliphatic rings. The lowest BCUT2D eigenvalue weighted by Gasteiger charge is -2.38. The molecule has 1 aromatic carbocycles. The predicted molar refractivity (Wildman–Crippen MR) is 87.9 cm³/mol. The van der Waals surface area contributed by atoms with Crippen LogP contribution in [0.5, 0.6) is 0 Å². The van der Waals surface area contributed by atoms with Crippen molar-refractivity contribution in [3.05, 3.63) is 35.6 Å². The largest absolute Gasteiger partial charge is 0.313 e. The van der Waals surface area contributed by atoms with Gasteiger partial charge < -0.3 is 5.32 Å². The second kappa shape index (κ2) is 7.40. The van der Waals surface area contributed by atoms with Gasteiger partial charge in [-0.1, -0.05) is 32.9 Å². The van der Waals surface area contributed by atoms with Gasteiger partial charge in [0.15, 0.2) is 0 Å². The highest BCUT2D eigenvalue weighted by molar-refractivity contribution is 5.17. The summed E-state index contributed by atoms with van der Waals surface area (Å²) in [6.45, 7) is 8.02. The second-order valence-corrected chi connectivity index (χ2v) is 7.40. The van der Waals surface area contributed by atoms with Crippen LogP contribution in [0.15, 0.2) is 24.3 Å². The Morgan fingerprint density at radius 2 is 2.00 bits per heavy atom. The van der Waals surface area contributed by atoms with Crippen molar-refractivity contribution >= 4 is 0 Å². The fourth-order valence-electron chi connectivity index (χ4n) is 3.48. The Labute approximate surface area is 129 Å². The fourth-order valence-corrected chi connectivity index (χ4v) is 3.48. The second-order valence-electron chi connectivity index (χ2n) is 7.40. The maximum Gasteiger partial charge on any atom is 0.123 e. The number of nitrogens with one attached hydrogen (secondary N) is 1. The Hall–Kier alpha value is -0.890. The van der Waals surface area contributed by atoms with Crippen LogP contribution in [-0.4, -0.2) is 12.6 Å². The molecule has 0 aromatic heterocycles. The molecule has 1 saturated carbocycles. The molecule has 1 nitrogen and oxygen atoms in total. The molecule has 0 spiro atoms. The van der Waals surface area contributed by atoms with Gasteiger partial charge in [-0.2, -0.15) is 0 Å². The zero-order valence-corrected chi connectivity index (χ0v) is 13.8. The van der Waals surface area contributed by atoms with E-state index in [4.69, 9.17) is 0 Å². The molecular weight excluding hydrogens is 261 g/mol. The van der Waals surface area contributed by atoms with Crippen molar-refractivity contribution in [3.63, 3.8) is 0 Å². The topological polar surface area (TPSA) is 12.0 Å². The summed E-state index contributed by atoms with van der Waals surface area (Å²) in [5.41, 5.74) is 1.62. The summed E-state index contributed by atoms with van der Waals surface area (Å²) in [6, 6.07) is 7.58. The van der Waals surface area contributed by atoms with E-state index in [2.05, 4.69) is 32.2 Å². The van der Waals surface area contributed by atoms with Gasteiger partial charge in [0, 0.05) is 6.04 Å². The predicted octanol–water partition coefficient (Wildman–Crippen LogP) is 4.95. The van der Waals surface area contributed by atoms with E-state index in [9.17, 15) is 4.39 Å². The van der Waals surface area contributed by atoms with Gasteiger partial charge >= 0.3 is 0 Å². The highest BCUT2D eigenvalue weighted by Gasteiger charge is 2.31. The summed E-state index contributed by atoms with van der Waals surface area (Å²) in [4.78, 5) is 0. The molecule has 0 radical (unpaired) electrons. The minimum absolute atomic E-state index is 0.119. The van der Waals surface area contributed by atoms with Crippen molar-refractivity contribution in [1.29, 1.82) is 0 Å². The van der Waals surface area contributed by atoms with Crippen molar-refractivity contribution in [1.82, 2.24) is 5.32 Å². The van der Waals surface area contributed by atoms with Crippen molar-refractivity contribution in [2.75, 3.05) is 6.54 Å². The Morgan fingerprint density at radius 3 is 2.62 bits per heavy atom. The Bertz CT molecular complexity index is 431. The Morgan fingerprint density at radius 1 is 1.29 bits per heavy atom. The SMILES string of the molecule is CCCNC(Cc1cccc(F)c1)C1CCC(C)(C)CC1. The lowest BCUT2D eigenvalue weighted by atomic mass is 9.70. The molecule has 1 atom stereocenters. The van der Waals surface area contributed by atoms with E-state index in [0.717, 1.165) is 30.9 Å². The zero-order valence-electron chi connectivity index (χ0n) is 13.8. The summed E-state index contributed by atoms with van der Waals surface area (Å²) in [6.07, 6.45) is 7.31. The number of benzene rings is 1. The van der Waals surface area contributed by atoms with E-state index in [0.29, 0.717) is 11.5 Å². The summed E-state index contributed by atoms with van der Waals surface area (Å²) < 4.78 is 13.4. The lowest BCUT2D eigenvalue weighted by Crippen LogP contribution is -2.41. The molecule has 1 aromatic rings. The maximum absolute atomic E-state index is 13.4.